The van der Waals surface area contributed by atoms with Crippen LogP contribution in [0.3, 0.4) is 0 Å². The molecule has 0 saturated heterocycles. The van der Waals surface area contributed by atoms with Gasteiger partial charge in [-0.05, 0) is 27.8 Å². The van der Waals surface area contributed by atoms with Crippen LogP contribution in [0.1, 0.15) is 20.8 Å². The zero-order valence-electron chi connectivity index (χ0n) is 8.46. The minimum atomic E-state index is -0.887. The van der Waals surface area contributed by atoms with Gasteiger partial charge < -0.3 is 15.2 Å². The minimum absolute atomic E-state index is 0. The molecule has 0 aliphatic rings. The second-order valence-corrected chi connectivity index (χ2v) is 3.60. The van der Waals surface area contributed by atoms with Crippen LogP contribution in [0.5, 0.6) is 0 Å². The Hall–Kier alpha value is -0.320. The van der Waals surface area contributed by atoms with Crippen molar-refractivity contribution in [2.24, 2.45) is 0 Å². The van der Waals surface area contributed by atoms with Crippen molar-refractivity contribution >= 4 is 18.4 Å². The highest BCUT2D eigenvalue weighted by molar-refractivity contribution is 5.85. The van der Waals surface area contributed by atoms with Crippen molar-refractivity contribution in [3.63, 3.8) is 0 Å². The smallest absolute Gasteiger partial charge is 0.323 e. The Morgan fingerprint density at radius 2 is 2.00 bits per heavy atom. The van der Waals surface area contributed by atoms with Crippen molar-refractivity contribution in [3.8, 4) is 0 Å². The lowest BCUT2D eigenvalue weighted by molar-refractivity contribution is -0.142. The van der Waals surface area contributed by atoms with E-state index < -0.39 is 12.0 Å². The average Bonchev–Trinajstić information content (AvgIpc) is 1.85. The van der Waals surface area contributed by atoms with E-state index in [0.29, 0.717) is 0 Å². The molecule has 0 radical (unpaired) electrons. The van der Waals surface area contributed by atoms with E-state index in [1.54, 1.807) is 7.05 Å². The zero-order valence-corrected chi connectivity index (χ0v) is 9.27. The topological polar surface area (TPSA) is 58.6 Å². The van der Waals surface area contributed by atoms with Crippen LogP contribution < -0.4 is 5.32 Å². The molecule has 0 aromatic carbocycles. The summed E-state index contributed by atoms with van der Waals surface area (Å²) in [4.78, 5) is 10.5. The predicted molar refractivity (Wildman–Crippen MR) is 53.4 cm³/mol. The van der Waals surface area contributed by atoms with E-state index in [0.717, 1.165) is 0 Å². The number of hydrogen-bond acceptors (Lipinski definition) is 3. The molecule has 5 heteroatoms. The normalized spacial score (nSPS) is 13.2. The number of carbonyl (C=O) groups is 1. The Balaban J connectivity index is 0. The number of carboxylic acids is 1. The van der Waals surface area contributed by atoms with Crippen LogP contribution in [-0.4, -0.2) is 36.4 Å². The van der Waals surface area contributed by atoms with E-state index in [9.17, 15) is 4.79 Å². The first kappa shape index (κ1) is 15.2. The SMILES string of the molecule is CNC(COC(C)(C)C)C(=O)O.Cl. The first-order chi connectivity index (χ1) is 5.37. The molecule has 0 saturated carbocycles. The lowest BCUT2D eigenvalue weighted by Gasteiger charge is -2.22. The number of carboxylic acid groups (broad SMARTS) is 1. The fourth-order valence-electron chi connectivity index (χ4n) is 0.611. The zero-order chi connectivity index (χ0) is 9.78. The van der Waals surface area contributed by atoms with Crippen LogP contribution in [0.4, 0.5) is 0 Å². The summed E-state index contributed by atoms with van der Waals surface area (Å²) < 4.78 is 5.30. The maximum absolute atomic E-state index is 10.5. The Labute approximate surface area is 85.1 Å². The standard InChI is InChI=1S/C8H17NO3.ClH/c1-8(2,3)12-5-6(9-4)7(10)11;/h6,9H,5H2,1-4H3,(H,10,11);1H. The number of hydrogen-bond donors (Lipinski definition) is 2. The van der Waals surface area contributed by atoms with Gasteiger partial charge in [0.1, 0.15) is 6.04 Å². The van der Waals surface area contributed by atoms with Crippen LogP contribution in [0.2, 0.25) is 0 Å². The molecule has 0 spiro atoms. The van der Waals surface area contributed by atoms with Gasteiger partial charge in [0.2, 0.25) is 0 Å². The number of nitrogens with one attached hydrogen (secondary N) is 1. The molecule has 0 aromatic heterocycles. The monoisotopic (exact) mass is 211 g/mol. The lowest BCUT2D eigenvalue weighted by atomic mass is 10.2. The lowest BCUT2D eigenvalue weighted by Crippen LogP contribution is -2.40. The van der Waals surface area contributed by atoms with Crippen molar-refractivity contribution < 1.29 is 14.6 Å². The van der Waals surface area contributed by atoms with Gasteiger partial charge in [0.15, 0.2) is 0 Å². The van der Waals surface area contributed by atoms with E-state index in [2.05, 4.69) is 5.32 Å². The molecular formula is C8H18ClNO3. The van der Waals surface area contributed by atoms with Gasteiger partial charge in [-0.2, -0.15) is 0 Å². The molecule has 13 heavy (non-hydrogen) atoms. The van der Waals surface area contributed by atoms with Crippen LogP contribution in [-0.2, 0) is 9.53 Å². The maximum atomic E-state index is 10.5. The summed E-state index contributed by atoms with van der Waals surface area (Å²) in [6, 6.07) is -0.621. The first-order valence-electron chi connectivity index (χ1n) is 3.91. The summed E-state index contributed by atoms with van der Waals surface area (Å²) in [5, 5.41) is 11.3. The molecule has 4 nitrogen and oxygen atoms in total. The fourth-order valence-corrected chi connectivity index (χ4v) is 0.611. The summed E-state index contributed by atoms with van der Waals surface area (Å²) >= 11 is 0. The van der Waals surface area contributed by atoms with E-state index in [1.807, 2.05) is 20.8 Å². The Bertz CT molecular complexity index is 156. The molecule has 0 aliphatic carbocycles. The van der Waals surface area contributed by atoms with Gasteiger partial charge in [0, 0.05) is 0 Å². The molecule has 0 aliphatic heterocycles. The number of rotatable bonds is 4. The van der Waals surface area contributed by atoms with E-state index in [1.165, 1.54) is 0 Å². The molecule has 0 amide bonds. The van der Waals surface area contributed by atoms with Gasteiger partial charge >= 0.3 is 5.97 Å². The number of halogens is 1. The summed E-state index contributed by atoms with van der Waals surface area (Å²) in [5.74, 6) is -0.887. The molecule has 0 heterocycles. The Morgan fingerprint density at radius 3 is 2.23 bits per heavy atom. The van der Waals surface area contributed by atoms with Gasteiger partial charge in [0.05, 0.1) is 12.2 Å². The largest absolute Gasteiger partial charge is 0.480 e. The molecule has 1 atom stereocenters. The molecular weight excluding hydrogens is 194 g/mol. The van der Waals surface area contributed by atoms with Gasteiger partial charge in [-0.15, -0.1) is 12.4 Å². The predicted octanol–water partition coefficient (Wildman–Crippen LogP) is 0.896. The highest BCUT2D eigenvalue weighted by Crippen LogP contribution is 2.06. The van der Waals surface area contributed by atoms with Crippen molar-refractivity contribution in [1.29, 1.82) is 0 Å². The minimum Gasteiger partial charge on any atom is -0.480 e. The molecule has 0 aromatic rings. The first-order valence-corrected chi connectivity index (χ1v) is 3.91. The van der Waals surface area contributed by atoms with Gasteiger partial charge in [-0.25, -0.2) is 0 Å². The van der Waals surface area contributed by atoms with E-state index >= 15 is 0 Å². The van der Waals surface area contributed by atoms with Gasteiger partial charge in [-0.3, -0.25) is 4.79 Å². The van der Waals surface area contributed by atoms with E-state index in [-0.39, 0.29) is 24.6 Å². The average molecular weight is 212 g/mol. The Morgan fingerprint density at radius 1 is 1.54 bits per heavy atom. The summed E-state index contributed by atoms with van der Waals surface area (Å²) in [7, 11) is 1.60. The quantitative estimate of drug-likeness (QED) is 0.726. The molecule has 2 N–H and O–H groups in total. The molecule has 80 valence electrons. The van der Waals surface area contributed by atoms with E-state index in [4.69, 9.17) is 9.84 Å². The third-order valence-corrected chi connectivity index (χ3v) is 1.33. The molecule has 0 bridgehead atoms. The third-order valence-electron chi connectivity index (χ3n) is 1.33. The van der Waals surface area contributed by atoms with Crippen molar-refractivity contribution in [3.05, 3.63) is 0 Å². The summed E-state index contributed by atoms with van der Waals surface area (Å²) in [6.07, 6.45) is 0. The maximum Gasteiger partial charge on any atom is 0.323 e. The van der Waals surface area contributed by atoms with Crippen LogP contribution in [0.15, 0.2) is 0 Å². The summed E-state index contributed by atoms with van der Waals surface area (Å²) in [6.45, 7) is 5.86. The summed E-state index contributed by atoms with van der Waals surface area (Å²) in [5.41, 5.74) is -0.287. The molecule has 0 rings (SSSR count). The second-order valence-electron chi connectivity index (χ2n) is 3.60. The number of likely N-dealkylation sites (N-methyl/N-ethyl adjacent to an activating group) is 1. The van der Waals surface area contributed by atoms with Crippen LogP contribution >= 0.6 is 12.4 Å². The number of ether oxygens (including phenoxy) is 1. The van der Waals surface area contributed by atoms with Gasteiger partial charge in [0.25, 0.3) is 0 Å². The molecule has 0 fully saturated rings. The van der Waals surface area contributed by atoms with Crippen molar-refractivity contribution in [1.82, 2.24) is 5.32 Å². The van der Waals surface area contributed by atoms with Crippen molar-refractivity contribution in [2.75, 3.05) is 13.7 Å². The molecule has 1 unspecified atom stereocenters. The van der Waals surface area contributed by atoms with Crippen molar-refractivity contribution in [2.45, 2.75) is 32.4 Å². The fraction of sp³-hybridized carbons (Fsp3) is 0.875. The third kappa shape index (κ3) is 8.02. The number of aliphatic carboxylic acids is 1. The van der Waals surface area contributed by atoms with Crippen LogP contribution in [0.25, 0.3) is 0 Å². The van der Waals surface area contributed by atoms with Gasteiger partial charge in [-0.1, -0.05) is 0 Å². The second kappa shape index (κ2) is 6.18. The van der Waals surface area contributed by atoms with Crippen LogP contribution in [0, 0.1) is 0 Å². The highest BCUT2D eigenvalue weighted by Gasteiger charge is 2.18. The highest BCUT2D eigenvalue weighted by atomic mass is 35.5. The Kier molecular flexibility index (Phi) is 7.21.